The molecule has 0 aliphatic heterocycles. The van der Waals surface area contributed by atoms with Gasteiger partial charge in [0.2, 0.25) is 0 Å². The van der Waals surface area contributed by atoms with Gasteiger partial charge in [-0.15, -0.1) is 0 Å². The fourth-order valence-electron chi connectivity index (χ4n) is 1.85. The van der Waals surface area contributed by atoms with Crippen LogP contribution < -0.4 is 0 Å². The third-order valence-electron chi connectivity index (χ3n) is 2.87. The number of halogens is 1. The van der Waals surface area contributed by atoms with Crippen molar-refractivity contribution in [2.24, 2.45) is 5.92 Å². The van der Waals surface area contributed by atoms with Crippen molar-refractivity contribution in [3.05, 3.63) is 20.8 Å². The minimum atomic E-state index is -0.571. The molecule has 1 aliphatic rings. The topological polar surface area (TPSA) is 20.2 Å². The lowest BCUT2D eigenvalue weighted by molar-refractivity contribution is 0.00865. The van der Waals surface area contributed by atoms with Crippen LogP contribution in [-0.2, 0) is 5.60 Å². The van der Waals surface area contributed by atoms with Gasteiger partial charge in [-0.3, -0.25) is 0 Å². The highest BCUT2D eigenvalue weighted by Gasteiger charge is 2.44. The maximum absolute atomic E-state index is 10.5. The van der Waals surface area contributed by atoms with Crippen molar-refractivity contribution in [2.45, 2.75) is 31.8 Å². The van der Waals surface area contributed by atoms with E-state index < -0.39 is 5.60 Å². The Labute approximate surface area is 90.9 Å². The lowest BCUT2D eigenvalue weighted by atomic mass is 9.88. The molecule has 0 amide bonds. The van der Waals surface area contributed by atoms with Crippen LogP contribution in [0.2, 0.25) is 0 Å². The zero-order valence-electron chi connectivity index (χ0n) is 7.59. The number of thiophene rings is 1. The summed E-state index contributed by atoms with van der Waals surface area (Å²) in [4.78, 5) is 0. The van der Waals surface area contributed by atoms with E-state index in [2.05, 4.69) is 28.2 Å². The molecule has 1 aromatic rings. The van der Waals surface area contributed by atoms with Crippen LogP contribution in [0, 0.1) is 5.92 Å². The van der Waals surface area contributed by atoms with Crippen LogP contribution in [0.1, 0.15) is 31.7 Å². The number of hydrogen-bond donors (Lipinski definition) is 1. The molecule has 0 spiro atoms. The number of aliphatic hydroxyl groups is 1. The zero-order chi connectivity index (χ0) is 9.47. The van der Waals surface area contributed by atoms with E-state index in [1.54, 1.807) is 11.3 Å². The highest BCUT2D eigenvalue weighted by molar-refractivity contribution is 9.10. The Morgan fingerprint density at radius 1 is 1.62 bits per heavy atom. The molecule has 1 aromatic heterocycles. The molecular formula is C10H13BrOS. The van der Waals surface area contributed by atoms with E-state index in [-0.39, 0.29) is 0 Å². The van der Waals surface area contributed by atoms with Crippen molar-refractivity contribution in [3.63, 3.8) is 0 Å². The SMILES string of the molecule is CCC(O)(c1cscc1Br)C1CC1. The second-order valence-electron chi connectivity index (χ2n) is 3.69. The molecule has 1 saturated carbocycles. The third-order valence-corrected chi connectivity index (χ3v) is 4.58. The summed E-state index contributed by atoms with van der Waals surface area (Å²) in [7, 11) is 0. The molecule has 1 fully saturated rings. The average Bonchev–Trinajstić information content (AvgIpc) is 2.89. The average molecular weight is 261 g/mol. The summed E-state index contributed by atoms with van der Waals surface area (Å²) in [6.07, 6.45) is 3.16. The molecule has 0 saturated heterocycles. The Morgan fingerprint density at radius 3 is 2.69 bits per heavy atom. The molecule has 1 unspecified atom stereocenters. The van der Waals surface area contributed by atoms with E-state index in [1.807, 2.05) is 5.38 Å². The first kappa shape index (κ1) is 9.69. The summed E-state index contributed by atoms with van der Waals surface area (Å²) in [6.45, 7) is 2.06. The highest BCUT2D eigenvalue weighted by Crippen LogP contribution is 2.50. The molecule has 2 rings (SSSR count). The summed E-state index contributed by atoms with van der Waals surface area (Å²) in [5.74, 6) is 0.489. The van der Waals surface area contributed by atoms with Crippen LogP contribution in [0.3, 0.4) is 0 Å². The second kappa shape index (κ2) is 3.37. The second-order valence-corrected chi connectivity index (χ2v) is 5.28. The van der Waals surface area contributed by atoms with E-state index >= 15 is 0 Å². The fraction of sp³-hybridized carbons (Fsp3) is 0.600. The van der Waals surface area contributed by atoms with E-state index in [0.29, 0.717) is 5.92 Å². The van der Waals surface area contributed by atoms with Gasteiger partial charge in [0.05, 0.1) is 5.60 Å². The van der Waals surface area contributed by atoms with E-state index in [9.17, 15) is 5.11 Å². The minimum Gasteiger partial charge on any atom is -0.385 e. The molecule has 1 nitrogen and oxygen atoms in total. The molecule has 0 bridgehead atoms. The molecular weight excluding hydrogens is 248 g/mol. The first-order chi connectivity index (χ1) is 6.18. The summed E-state index contributed by atoms with van der Waals surface area (Å²) in [5.41, 5.74) is 0.515. The van der Waals surface area contributed by atoms with Crippen LogP contribution in [0.25, 0.3) is 0 Å². The Kier molecular flexibility index (Phi) is 2.51. The first-order valence-electron chi connectivity index (χ1n) is 4.63. The molecule has 1 N–H and O–H groups in total. The first-order valence-corrected chi connectivity index (χ1v) is 6.36. The van der Waals surface area contributed by atoms with Gasteiger partial charge in [0.1, 0.15) is 0 Å². The van der Waals surface area contributed by atoms with Gasteiger partial charge in [-0.05, 0) is 46.5 Å². The largest absolute Gasteiger partial charge is 0.385 e. The predicted molar refractivity (Wildman–Crippen MR) is 58.9 cm³/mol. The molecule has 3 heteroatoms. The van der Waals surface area contributed by atoms with Gasteiger partial charge in [0.15, 0.2) is 0 Å². The molecule has 13 heavy (non-hydrogen) atoms. The maximum Gasteiger partial charge on any atom is 0.0940 e. The minimum absolute atomic E-state index is 0.489. The molecule has 1 aliphatic carbocycles. The van der Waals surface area contributed by atoms with Crippen molar-refractivity contribution in [2.75, 3.05) is 0 Å². The van der Waals surface area contributed by atoms with Gasteiger partial charge in [0.25, 0.3) is 0 Å². The smallest absolute Gasteiger partial charge is 0.0940 e. The van der Waals surface area contributed by atoms with Gasteiger partial charge in [0, 0.05) is 15.4 Å². The van der Waals surface area contributed by atoms with Gasteiger partial charge in [-0.1, -0.05) is 6.92 Å². The standard InChI is InChI=1S/C10H13BrOS/c1-2-10(12,7-3-4-7)8-5-13-6-9(8)11/h5-7,12H,2-4H2,1H3. The highest BCUT2D eigenvalue weighted by atomic mass is 79.9. The summed E-state index contributed by atoms with van der Waals surface area (Å²) in [6, 6.07) is 0. The van der Waals surface area contributed by atoms with Gasteiger partial charge < -0.3 is 5.11 Å². The van der Waals surface area contributed by atoms with Crippen molar-refractivity contribution in [1.82, 2.24) is 0 Å². The van der Waals surface area contributed by atoms with Gasteiger partial charge in [-0.2, -0.15) is 11.3 Å². The molecule has 1 heterocycles. The van der Waals surface area contributed by atoms with Crippen LogP contribution in [-0.4, -0.2) is 5.11 Å². The van der Waals surface area contributed by atoms with Crippen LogP contribution >= 0.6 is 27.3 Å². The van der Waals surface area contributed by atoms with Crippen LogP contribution in [0.15, 0.2) is 15.2 Å². The molecule has 72 valence electrons. The van der Waals surface area contributed by atoms with Crippen molar-refractivity contribution in [1.29, 1.82) is 0 Å². The monoisotopic (exact) mass is 260 g/mol. The Hall–Kier alpha value is 0.140. The van der Waals surface area contributed by atoms with Crippen LogP contribution in [0.5, 0.6) is 0 Å². The number of rotatable bonds is 3. The quantitative estimate of drug-likeness (QED) is 0.882. The lowest BCUT2D eigenvalue weighted by Crippen LogP contribution is -2.27. The summed E-state index contributed by atoms with van der Waals surface area (Å²) in [5, 5.41) is 14.6. The number of hydrogen-bond acceptors (Lipinski definition) is 2. The predicted octanol–water partition coefficient (Wildman–Crippen LogP) is 3.52. The Balaban J connectivity index is 2.35. The van der Waals surface area contributed by atoms with Crippen molar-refractivity contribution >= 4 is 27.3 Å². The third kappa shape index (κ3) is 1.58. The summed E-state index contributed by atoms with van der Waals surface area (Å²) < 4.78 is 1.06. The normalized spacial score (nSPS) is 21.5. The van der Waals surface area contributed by atoms with Gasteiger partial charge in [-0.25, -0.2) is 0 Å². The van der Waals surface area contributed by atoms with E-state index in [4.69, 9.17) is 0 Å². The van der Waals surface area contributed by atoms with Gasteiger partial charge >= 0.3 is 0 Å². The van der Waals surface area contributed by atoms with Crippen molar-refractivity contribution in [3.8, 4) is 0 Å². The fourth-order valence-corrected chi connectivity index (χ4v) is 3.56. The zero-order valence-corrected chi connectivity index (χ0v) is 9.99. The van der Waals surface area contributed by atoms with Crippen LogP contribution in [0.4, 0.5) is 0 Å². The Bertz CT molecular complexity index is 306. The van der Waals surface area contributed by atoms with E-state index in [1.165, 1.54) is 12.8 Å². The maximum atomic E-state index is 10.5. The lowest BCUT2D eigenvalue weighted by Gasteiger charge is -2.26. The summed E-state index contributed by atoms with van der Waals surface area (Å²) >= 11 is 5.14. The molecule has 0 radical (unpaired) electrons. The molecule has 1 atom stereocenters. The van der Waals surface area contributed by atoms with E-state index in [0.717, 1.165) is 16.5 Å². The molecule has 0 aromatic carbocycles. The Morgan fingerprint density at radius 2 is 2.31 bits per heavy atom. The van der Waals surface area contributed by atoms with Crippen molar-refractivity contribution < 1.29 is 5.11 Å².